The van der Waals surface area contributed by atoms with Gasteiger partial charge in [0.25, 0.3) is 0 Å². The molecule has 2 bridgehead atoms. The molecule has 0 unspecified atom stereocenters. The number of benzene rings is 3. The van der Waals surface area contributed by atoms with Gasteiger partial charge >= 0.3 is 0 Å². The normalized spacial score (nSPS) is 17.9. The summed E-state index contributed by atoms with van der Waals surface area (Å²) in [6, 6.07) is 21.0. The maximum Gasteiger partial charge on any atom is 0.221 e. The van der Waals surface area contributed by atoms with Gasteiger partial charge in [0.15, 0.2) is 0 Å². The molecule has 138 valence electrons. The van der Waals surface area contributed by atoms with Crippen LogP contribution >= 0.6 is 0 Å². The highest BCUT2D eigenvalue weighted by Gasteiger charge is 2.41. The van der Waals surface area contributed by atoms with Gasteiger partial charge in [0, 0.05) is 37.1 Å². The van der Waals surface area contributed by atoms with Gasteiger partial charge in [-0.25, -0.2) is 0 Å². The lowest BCUT2D eigenvalue weighted by atomic mass is 9.61. The van der Waals surface area contributed by atoms with E-state index in [-0.39, 0.29) is 23.7 Å². The Morgan fingerprint density at radius 2 is 1.00 bits per heavy atom. The third kappa shape index (κ3) is 2.45. The van der Waals surface area contributed by atoms with Crippen molar-refractivity contribution in [3.8, 4) is 0 Å². The van der Waals surface area contributed by atoms with Crippen molar-refractivity contribution in [3.63, 3.8) is 0 Å². The van der Waals surface area contributed by atoms with Crippen LogP contribution < -0.4 is 10.6 Å². The van der Waals surface area contributed by atoms with Crippen LogP contribution in [0.3, 0.4) is 0 Å². The molecule has 3 aliphatic carbocycles. The Kier molecular flexibility index (Phi) is 3.63. The average Bonchev–Trinajstić information content (AvgIpc) is 2.66. The molecule has 3 aromatic rings. The summed E-state index contributed by atoms with van der Waals surface area (Å²) in [5.74, 6) is 0.126. The Hall–Kier alpha value is -3.40. The predicted octanol–water partition coefficient (Wildman–Crippen LogP) is 4.59. The number of rotatable bonds is 2. The Labute approximate surface area is 163 Å². The number of anilines is 2. The Bertz CT molecular complexity index is 1060. The van der Waals surface area contributed by atoms with Crippen molar-refractivity contribution in [2.24, 2.45) is 0 Å². The van der Waals surface area contributed by atoms with E-state index in [4.69, 9.17) is 0 Å². The smallest absolute Gasteiger partial charge is 0.221 e. The second-order valence-electron chi connectivity index (χ2n) is 7.54. The van der Waals surface area contributed by atoms with Crippen LogP contribution in [0.25, 0.3) is 0 Å². The van der Waals surface area contributed by atoms with Crippen LogP contribution in [0.15, 0.2) is 60.7 Å². The molecule has 2 N–H and O–H groups in total. The van der Waals surface area contributed by atoms with Crippen molar-refractivity contribution in [3.05, 3.63) is 94.0 Å². The Morgan fingerprint density at radius 3 is 1.39 bits per heavy atom. The largest absolute Gasteiger partial charge is 0.326 e. The highest BCUT2D eigenvalue weighted by molar-refractivity contribution is 5.90. The number of carbonyl (C=O) groups excluding carboxylic acids is 2. The summed E-state index contributed by atoms with van der Waals surface area (Å²) >= 11 is 0. The highest BCUT2D eigenvalue weighted by Crippen LogP contribution is 2.56. The van der Waals surface area contributed by atoms with E-state index >= 15 is 0 Å². The minimum atomic E-state index is -0.0679. The van der Waals surface area contributed by atoms with Gasteiger partial charge in [-0.2, -0.15) is 0 Å². The number of carbonyl (C=O) groups is 2. The standard InChI is InChI=1S/C24H20N2O2/c1-13(27)25-15-7-9-19-21(11-15)23-17-5-3-4-6-18(17)24(19)22-12-16(26-14(2)28)8-10-20(22)23/h3-12,23-24H,1-2H3,(H,25,27)(H,26,28)/t23-,24-/m1/s1. The summed E-state index contributed by atoms with van der Waals surface area (Å²) in [6.45, 7) is 3.06. The van der Waals surface area contributed by atoms with E-state index in [1.807, 2.05) is 12.1 Å². The van der Waals surface area contributed by atoms with E-state index in [2.05, 4.69) is 59.2 Å². The maximum absolute atomic E-state index is 11.5. The molecule has 0 radical (unpaired) electrons. The van der Waals surface area contributed by atoms with E-state index in [0.29, 0.717) is 0 Å². The van der Waals surface area contributed by atoms with Crippen molar-refractivity contribution in [2.45, 2.75) is 25.7 Å². The monoisotopic (exact) mass is 368 g/mol. The van der Waals surface area contributed by atoms with Crippen molar-refractivity contribution < 1.29 is 9.59 Å². The second-order valence-corrected chi connectivity index (χ2v) is 7.54. The maximum atomic E-state index is 11.5. The summed E-state index contributed by atoms with van der Waals surface area (Å²) in [5.41, 5.74) is 9.32. The minimum Gasteiger partial charge on any atom is -0.326 e. The average molecular weight is 368 g/mol. The van der Waals surface area contributed by atoms with Crippen LogP contribution in [0.2, 0.25) is 0 Å². The fraction of sp³-hybridized carbons (Fsp3) is 0.167. The first-order valence-corrected chi connectivity index (χ1v) is 9.44. The van der Waals surface area contributed by atoms with Gasteiger partial charge < -0.3 is 10.6 Å². The molecule has 0 saturated carbocycles. The van der Waals surface area contributed by atoms with Crippen LogP contribution in [0.1, 0.15) is 59.1 Å². The minimum absolute atomic E-state index is 0.0679. The lowest BCUT2D eigenvalue weighted by Gasteiger charge is -2.42. The molecule has 0 spiro atoms. The first kappa shape index (κ1) is 16.8. The first-order chi connectivity index (χ1) is 13.5. The number of hydrogen-bond acceptors (Lipinski definition) is 2. The fourth-order valence-electron chi connectivity index (χ4n) is 4.78. The van der Waals surface area contributed by atoms with Crippen molar-refractivity contribution in [1.29, 1.82) is 0 Å². The zero-order valence-corrected chi connectivity index (χ0v) is 15.7. The summed E-state index contributed by atoms with van der Waals surface area (Å²) in [6.07, 6.45) is 0. The van der Waals surface area contributed by atoms with Gasteiger partial charge in [0.2, 0.25) is 11.8 Å². The molecular weight excluding hydrogens is 348 g/mol. The molecule has 6 rings (SSSR count). The van der Waals surface area contributed by atoms with E-state index in [1.165, 1.54) is 47.2 Å². The zero-order valence-electron chi connectivity index (χ0n) is 15.7. The van der Waals surface area contributed by atoms with Crippen molar-refractivity contribution >= 4 is 23.2 Å². The third-order valence-electron chi connectivity index (χ3n) is 5.68. The topological polar surface area (TPSA) is 58.2 Å². The Morgan fingerprint density at radius 1 is 0.607 bits per heavy atom. The molecular formula is C24H20N2O2. The molecule has 2 amide bonds. The Balaban J connectivity index is 1.71. The van der Waals surface area contributed by atoms with E-state index < -0.39 is 0 Å². The zero-order chi connectivity index (χ0) is 19.4. The number of amides is 2. The molecule has 4 heteroatoms. The van der Waals surface area contributed by atoms with E-state index in [0.717, 1.165) is 11.4 Å². The summed E-state index contributed by atoms with van der Waals surface area (Å²) in [4.78, 5) is 23.0. The molecule has 3 aromatic carbocycles. The SMILES string of the molecule is CC(=O)Nc1ccc2c(c1)[C@@H]1c3ccccc3[C@H]2c2cc(NC(C)=O)ccc21. The van der Waals surface area contributed by atoms with Crippen LogP contribution in [0, 0.1) is 0 Å². The van der Waals surface area contributed by atoms with Crippen molar-refractivity contribution in [2.75, 3.05) is 10.6 Å². The van der Waals surface area contributed by atoms with E-state index in [1.54, 1.807) is 0 Å². The summed E-state index contributed by atoms with van der Waals surface area (Å²) < 4.78 is 0. The second kappa shape index (κ2) is 6.06. The number of hydrogen-bond donors (Lipinski definition) is 2. The van der Waals surface area contributed by atoms with Crippen LogP contribution in [-0.2, 0) is 9.59 Å². The summed E-state index contributed by atoms with van der Waals surface area (Å²) in [5, 5.41) is 5.81. The molecule has 4 nitrogen and oxygen atoms in total. The van der Waals surface area contributed by atoms with Crippen LogP contribution in [0.4, 0.5) is 11.4 Å². The molecule has 0 fully saturated rings. The molecule has 0 aromatic heterocycles. The summed E-state index contributed by atoms with van der Waals surface area (Å²) in [7, 11) is 0. The number of nitrogens with one attached hydrogen (secondary N) is 2. The first-order valence-electron chi connectivity index (χ1n) is 9.44. The van der Waals surface area contributed by atoms with Gasteiger partial charge in [0.05, 0.1) is 0 Å². The molecule has 2 atom stereocenters. The molecule has 0 heterocycles. The van der Waals surface area contributed by atoms with Crippen LogP contribution in [0.5, 0.6) is 0 Å². The van der Waals surface area contributed by atoms with Gasteiger partial charge in [-0.1, -0.05) is 36.4 Å². The van der Waals surface area contributed by atoms with Crippen molar-refractivity contribution in [1.82, 2.24) is 0 Å². The fourth-order valence-corrected chi connectivity index (χ4v) is 4.78. The molecule has 28 heavy (non-hydrogen) atoms. The predicted molar refractivity (Wildman–Crippen MR) is 110 cm³/mol. The van der Waals surface area contributed by atoms with Crippen LogP contribution in [-0.4, -0.2) is 11.8 Å². The molecule has 0 saturated heterocycles. The lowest BCUT2D eigenvalue weighted by Crippen LogP contribution is -2.28. The highest BCUT2D eigenvalue weighted by atomic mass is 16.2. The van der Waals surface area contributed by atoms with E-state index in [9.17, 15) is 9.59 Å². The quantitative estimate of drug-likeness (QED) is 0.479. The molecule has 0 aliphatic heterocycles. The molecule has 3 aliphatic rings. The van der Waals surface area contributed by atoms with Gasteiger partial charge in [-0.3, -0.25) is 9.59 Å². The lowest BCUT2D eigenvalue weighted by molar-refractivity contribution is -0.115. The third-order valence-corrected chi connectivity index (χ3v) is 5.68. The van der Waals surface area contributed by atoms with Gasteiger partial charge in [-0.05, 0) is 57.6 Å². The van der Waals surface area contributed by atoms with Gasteiger partial charge in [0.1, 0.15) is 0 Å². The van der Waals surface area contributed by atoms with Gasteiger partial charge in [-0.15, -0.1) is 0 Å².